The number of aromatic nitrogens is 2. The van der Waals surface area contributed by atoms with Gasteiger partial charge < -0.3 is 10.7 Å². The lowest BCUT2D eigenvalue weighted by molar-refractivity contribution is 0.636. The van der Waals surface area contributed by atoms with Gasteiger partial charge in [-0.2, -0.15) is 0 Å². The highest BCUT2D eigenvalue weighted by molar-refractivity contribution is 5.75. The normalized spacial score (nSPS) is 12.7. The summed E-state index contributed by atoms with van der Waals surface area (Å²) in [4.78, 5) is 7.51. The molecule has 2 aromatic carbocycles. The zero-order valence-electron chi connectivity index (χ0n) is 11.2. The smallest absolute Gasteiger partial charge is 0.151 e. The third-order valence-corrected chi connectivity index (χ3v) is 3.52. The van der Waals surface area contributed by atoms with E-state index >= 15 is 0 Å². The number of aromatic amines is 1. The van der Waals surface area contributed by atoms with Crippen LogP contribution in [-0.2, 0) is 6.42 Å². The number of nitrogens with two attached hydrogens (primary N) is 1. The van der Waals surface area contributed by atoms with Crippen LogP contribution < -0.4 is 5.73 Å². The molecule has 1 aromatic heterocycles. The number of halogens is 1. The topological polar surface area (TPSA) is 54.7 Å². The molecule has 0 radical (unpaired) electrons. The molecule has 0 aliphatic rings. The highest BCUT2D eigenvalue weighted by atomic mass is 19.1. The van der Waals surface area contributed by atoms with Crippen LogP contribution in [0.15, 0.2) is 42.5 Å². The first-order valence-corrected chi connectivity index (χ1v) is 6.62. The minimum Gasteiger partial charge on any atom is -0.399 e. The average Bonchev–Trinajstić information content (AvgIpc) is 2.83. The zero-order valence-corrected chi connectivity index (χ0v) is 11.2. The molecule has 3 aromatic rings. The van der Waals surface area contributed by atoms with Gasteiger partial charge >= 0.3 is 0 Å². The predicted molar refractivity (Wildman–Crippen MR) is 79.0 cm³/mol. The molecule has 3 N–H and O–H groups in total. The SMILES string of the molecule is CC(Cc1nc2c(F)cccc2[nH]1)c1ccc(N)cc1. The molecule has 1 heterocycles. The number of anilines is 1. The summed E-state index contributed by atoms with van der Waals surface area (Å²) < 4.78 is 13.6. The fourth-order valence-corrected chi connectivity index (χ4v) is 2.38. The summed E-state index contributed by atoms with van der Waals surface area (Å²) in [5.74, 6) is 0.804. The van der Waals surface area contributed by atoms with E-state index in [4.69, 9.17) is 5.73 Å². The molecule has 4 heteroatoms. The summed E-state index contributed by atoms with van der Waals surface area (Å²) in [7, 11) is 0. The lowest BCUT2D eigenvalue weighted by Gasteiger charge is -2.10. The Kier molecular flexibility index (Phi) is 3.14. The predicted octanol–water partition coefficient (Wildman–Crippen LogP) is 3.63. The molecule has 0 aliphatic carbocycles. The van der Waals surface area contributed by atoms with Crippen molar-refractivity contribution in [1.29, 1.82) is 0 Å². The van der Waals surface area contributed by atoms with Crippen LogP contribution in [0.25, 0.3) is 11.0 Å². The van der Waals surface area contributed by atoms with Gasteiger partial charge in [0.25, 0.3) is 0 Å². The van der Waals surface area contributed by atoms with Gasteiger partial charge in [-0.1, -0.05) is 25.1 Å². The van der Waals surface area contributed by atoms with E-state index in [1.807, 2.05) is 30.3 Å². The molecule has 0 amide bonds. The molecule has 0 spiro atoms. The van der Waals surface area contributed by atoms with Crippen molar-refractivity contribution < 1.29 is 4.39 Å². The number of fused-ring (bicyclic) bond motifs is 1. The summed E-state index contributed by atoms with van der Waals surface area (Å²) in [6, 6.07) is 12.8. The summed E-state index contributed by atoms with van der Waals surface area (Å²) in [5, 5.41) is 0. The van der Waals surface area contributed by atoms with E-state index in [9.17, 15) is 4.39 Å². The Morgan fingerprint density at radius 1 is 1.20 bits per heavy atom. The number of hydrogen-bond acceptors (Lipinski definition) is 2. The molecule has 1 atom stereocenters. The zero-order chi connectivity index (χ0) is 14.1. The van der Waals surface area contributed by atoms with Crippen LogP contribution >= 0.6 is 0 Å². The van der Waals surface area contributed by atoms with E-state index in [1.165, 1.54) is 11.6 Å². The molecule has 102 valence electrons. The van der Waals surface area contributed by atoms with Crippen LogP contribution in [0.4, 0.5) is 10.1 Å². The van der Waals surface area contributed by atoms with Crippen molar-refractivity contribution in [3.05, 3.63) is 59.7 Å². The highest BCUT2D eigenvalue weighted by Crippen LogP contribution is 2.22. The van der Waals surface area contributed by atoms with Crippen molar-refractivity contribution in [2.75, 3.05) is 5.73 Å². The molecule has 0 aliphatic heterocycles. The van der Waals surface area contributed by atoms with E-state index in [2.05, 4.69) is 16.9 Å². The van der Waals surface area contributed by atoms with E-state index in [1.54, 1.807) is 6.07 Å². The highest BCUT2D eigenvalue weighted by Gasteiger charge is 2.11. The number of para-hydroxylation sites is 1. The molecular formula is C16H16FN3. The van der Waals surface area contributed by atoms with Crippen molar-refractivity contribution in [3.8, 4) is 0 Å². The number of H-pyrrole nitrogens is 1. The van der Waals surface area contributed by atoms with Gasteiger partial charge in [-0.05, 0) is 35.7 Å². The third kappa shape index (κ3) is 2.37. The molecule has 0 saturated carbocycles. The van der Waals surface area contributed by atoms with Gasteiger partial charge in [0.2, 0.25) is 0 Å². The van der Waals surface area contributed by atoms with Crippen molar-refractivity contribution in [2.45, 2.75) is 19.3 Å². The molecular weight excluding hydrogens is 253 g/mol. The average molecular weight is 269 g/mol. The van der Waals surface area contributed by atoms with Crippen molar-refractivity contribution in [3.63, 3.8) is 0 Å². The molecule has 3 nitrogen and oxygen atoms in total. The summed E-state index contributed by atoms with van der Waals surface area (Å²) in [6.07, 6.45) is 0.734. The lowest BCUT2D eigenvalue weighted by atomic mass is 9.97. The van der Waals surface area contributed by atoms with Gasteiger partial charge in [0.1, 0.15) is 11.3 Å². The Morgan fingerprint density at radius 3 is 2.65 bits per heavy atom. The van der Waals surface area contributed by atoms with Gasteiger partial charge in [-0.3, -0.25) is 0 Å². The van der Waals surface area contributed by atoms with Gasteiger partial charge in [-0.15, -0.1) is 0 Å². The van der Waals surface area contributed by atoms with E-state index < -0.39 is 0 Å². The monoisotopic (exact) mass is 269 g/mol. The van der Waals surface area contributed by atoms with Crippen LogP contribution in [0.2, 0.25) is 0 Å². The first-order chi connectivity index (χ1) is 9.63. The van der Waals surface area contributed by atoms with Gasteiger partial charge in [-0.25, -0.2) is 9.37 Å². The summed E-state index contributed by atoms with van der Waals surface area (Å²) >= 11 is 0. The maximum Gasteiger partial charge on any atom is 0.151 e. The molecule has 20 heavy (non-hydrogen) atoms. The number of benzene rings is 2. The minimum absolute atomic E-state index is 0.287. The maximum atomic E-state index is 13.6. The molecule has 1 unspecified atom stereocenters. The molecule has 0 bridgehead atoms. The first-order valence-electron chi connectivity index (χ1n) is 6.62. The third-order valence-electron chi connectivity index (χ3n) is 3.52. The Bertz CT molecular complexity index is 731. The van der Waals surface area contributed by atoms with E-state index in [-0.39, 0.29) is 5.82 Å². The second-order valence-corrected chi connectivity index (χ2v) is 5.09. The summed E-state index contributed by atoms with van der Waals surface area (Å²) in [6.45, 7) is 2.12. The number of nitrogens with one attached hydrogen (secondary N) is 1. The fraction of sp³-hybridized carbons (Fsp3) is 0.188. The van der Waals surface area contributed by atoms with Crippen molar-refractivity contribution >= 4 is 16.7 Å². The Balaban J connectivity index is 1.85. The molecule has 0 saturated heterocycles. The number of nitrogen functional groups attached to an aromatic ring is 1. The van der Waals surface area contributed by atoms with Crippen LogP contribution in [0.3, 0.4) is 0 Å². The number of imidazole rings is 1. The van der Waals surface area contributed by atoms with Crippen LogP contribution in [0, 0.1) is 5.82 Å². The second kappa shape index (κ2) is 4.96. The van der Waals surface area contributed by atoms with Crippen molar-refractivity contribution in [2.24, 2.45) is 0 Å². The standard InChI is InChI=1S/C16H16FN3/c1-10(11-5-7-12(18)8-6-11)9-15-19-14-4-2-3-13(17)16(14)20-15/h2-8,10H,9,18H2,1H3,(H,19,20). The van der Waals surface area contributed by atoms with Crippen molar-refractivity contribution in [1.82, 2.24) is 9.97 Å². The minimum atomic E-state index is -0.287. The Labute approximate surface area is 116 Å². The lowest BCUT2D eigenvalue weighted by Crippen LogP contribution is -2.00. The Morgan fingerprint density at radius 2 is 1.95 bits per heavy atom. The number of nitrogens with zero attached hydrogens (tertiary/aromatic N) is 1. The van der Waals surface area contributed by atoms with Crippen LogP contribution in [-0.4, -0.2) is 9.97 Å². The van der Waals surface area contributed by atoms with Gasteiger partial charge in [0, 0.05) is 12.1 Å². The van der Waals surface area contributed by atoms with E-state index in [0.29, 0.717) is 11.4 Å². The van der Waals surface area contributed by atoms with Crippen LogP contribution in [0.1, 0.15) is 24.2 Å². The largest absolute Gasteiger partial charge is 0.399 e. The van der Waals surface area contributed by atoms with Crippen LogP contribution in [0.5, 0.6) is 0 Å². The molecule has 3 rings (SSSR count). The van der Waals surface area contributed by atoms with E-state index in [0.717, 1.165) is 23.4 Å². The molecule has 0 fully saturated rings. The number of rotatable bonds is 3. The first kappa shape index (κ1) is 12.7. The quantitative estimate of drug-likeness (QED) is 0.713. The maximum absolute atomic E-state index is 13.6. The fourth-order valence-electron chi connectivity index (χ4n) is 2.38. The Hall–Kier alpha value is -2.36. The summed E-state index contributed by atoms with van der Waals surface area (Å²) in [5.41, 5.74) is 8.79. The second-order valence-electron chi connectivity index (χ2n) is 5.09. The number of hydrogen-bond donors (Lipinski definition) is 2. The van der Waals surface area contributed by atoms with Gasteiger partial charge in [0.15, 0.2) is 5.82 Å². The van der Waals surface area contributed by atoms with Gasteiger partial charge in [0.05, 0.1) is 5.52 Å².